The van der Waals surface area contributed by atoms with Gasteiger partial charge in [-0.25, -0.2) is 0 Å². The molecule has 0 aliphatic heterocycles. The summed E-state index contributed by atoms with van der Waals surface area (Å²) in [7, 11) is -3.96. The first-order valence-corrected chi connectivity index (χ1v) is 7.43. The van der Waals surface area contributed by atoms with Crippen molar-refractivity contribution in [3.05, 3.63) is 50.8 Å². The Morgan fingerprint density at radius 1 is 1.16 bits per heavy atom. The van der Waals surface area contributed by atoms with E-state index in [0.717, 1.165) is 23.5 Å². The fraction of sp³-hybridized carbons (Fsp3) is 0. The second-order valence-electron chi connectivity index (χ2n) is 3.35. The van der Waals surface area contributed by atoms with E-state index in [9.17, 15) is 18.5 Å². The van der Waals surface area contributed by atoms with Crippen molar-refractivity contribution in [1.29, 1.82) is 0 Å². The van der Waals surface area contributed by atoms with Crippen LogP contribution in [0.2, 0.25) is 4.34 Å². The number of nitro groups is 1. The van der Waals surface area contributed by atoms with Gasteiger partial charge in [0.05, 0.1) is 9.26 Å². The topological polar surface area (TPSA) is 86.5 Å². The summed E-state index contributed by atoms with van der Waals surface area (Å²) in [6.45, 7) is 0. The van der Waals surface area contributed by atoms with Gasteiger partial charge in [0.2, 0.25) is 0 Å². The molecule has 0 N–H and O–H groups in total. The third kappa shape index (κ3) is 3.22. The highest BCUT2D eigenvalue weighted by atomic mass is 35.5. The summed E-state index contributed by atoms with van der Waals surface area (Å²) in [5.41, 5.74) is -0.149. The summed E-state index contributed by atoms with van der Waals surface area (Å²) in [6.07, 6.45) is 0. The van der Waals surface area contributed by atoms with Gasteiger partial charge in [-0.1, -0.05) is 11.6 Å². The average molecular weight is 320 g/mol. The molecule has 0 unspecified atom stereocenters. The number of nitrogens with zero attached hydrogens (tertiary/aromatic N) is 1. The minimum absolute atomic E-state index is 0.00452. The Kier molecular flexibility index (Phi) is 3.74. The third-order valence-electron chi connectivity index (χ3n) is 2.05. The van der Waals surface area contributed by atoms with Crippen LogP contribution in [0.3, 0.4) is 0 Å². The molecular weight excluding hydrogens is 314 g/mol. The van der Waals surface area contributed by atoms with E-state index in [-0.39, 0.29) is 15.6 Å². The Hall–Kier alpha value is -1.64. The number of thiophene rings is 1. The molecule has 0 radical (unpaired) electrons. The van der Waals surface area contributed by atoms with E-state index in [4.69, 9.17) is 15.8 Å². The molecule has 0 bridgehead atoms. The van der Waals surface area contributed by atoms with Gasteiger partial charge in [-0.2, -0.15) is 8.42 Å². The molecule has 0 fully saturated rings. The van der Waals surface area contributed by atoms with Crippen LogP contribution in [0.15, 0.2) is 40.6 Å². The fourth-order valence-corrected chi connectivity index (χ4v) is 3.60. The minimum atomic E-state index is -3.96. The predicted molar refractivity (Wildman–Crippen MR) is 70.2 cm³/mol. The molecule has 1 aromatic heterocycles. The zero-order valence-electron chi connectivity index (χ0n) is 9.15. The monoisotopic (exact) mass is 319 g/mol. The quantitative estimate of drug-likeness (QED) is 0.491. The molecule has 9 heteroatoms. The van der Waals surface area contributed by atoms with Gasteiger partial charge in [0.25, 0.3) is 5.69 Å². The van der Waals surface area contributed by atoms with Crippen molar-refractivity contribution < 1.29 is 17.5 Å². The molecule has 0 aliphatic rings. The Morgan fingerprint density at radius 2 is 1.79 bits per heavy atom. The SMILES string of the molecule is O=[N+]([O-])c1ccc(OS(=O)(=O)c2ccc(Cl)s2)cc1. The van der Waals surface area contributed by atoms with E-state index >= 15 is 0 Å². The first-order chi connectivity index (χ1) is 8.88. The van der Waals surface area contributed by atoms with Crippen LogP contribution < -0.4 is 4.18 Å². The van der Waals surface area contributed by atoms with Crippen LogP contribution >= 0.6 is 22.9 Å². The number of hydrogen-bond acceptors (Lipinski definition) is 6. The lowest BCUT2D eigenvalue weighted by Gasteiger charge is -2.04. The number of nitro benzene ring substituents is 1. The van der Waals surface area contributed by atoms with E-state index in [0.29, 0.717) is 4.34 Å². The molecule has 0 amide bonds. The van der Waals surface area contributed by atoms with Crippen molar-refractivity contribution in [1.82, 2.24) is 0 Å². The van der Waals surface area contributed by atoms with Crippen molar-refractivity contribution in [2.24, 2.45) is 0 Å². The standard InChI is InChI=1S/C10H6ClNO5S2/c11-9-5-6-10(18-9)19(15,16)17-8-3-1-7(2-4-8)12(13)14/h1-6H. The number of benzene rings is 1. The van der Waals surface area contributed by atoms with Crippen LogP contribution in [0.4, 0.5) is 5.69 Å². The van der Waals surface area contributed by atoms with Gasteiger partial charge in [-0.05, 0) is 24.3 Å². The second kappa shape index (κ2) is 5.16. The van der Waals surface area contributed by atoms with Gasteiger partial charge in [-0.3, -0.25) is 10.1 Å². The molecule has 1 heterocycles. The van der Waals surface area contributed by atoms with E-state index < -0.39 is 15.0 Å². The average Bonchev–Trinajstić information content (AvgIpc) is 2.77. The molecule has 100 valence electrons. The second-order valence-corrected chi connectivity index (χ2v) is 6.84. The maximum Gasteiger partial charge on any atom is 0.348 e. The van der Waals surface area contributed by atoms with Crippen molar-refractivity contribution in [3.63, 3.8) is 0 Å². The molecule has 0 atom stereocenters. The highest BCUT2D eigenvalue weighted by Crippen LogP contribution is 2.28. The fourth-order valence-electron chi connectivity index (χ4n) is 1.22. The maximum absolute atomic E-state index is 11.8. The first-order valence-electron chi connectivity index (χ1n) is 4.83. The Labute approximate surface area is 117 Å². The molecule has 19 heavy (non-hydrogen) atoms. The van der Waals surface area contributed by atoms with Crippen molar-refractivity contribution >= 4 is 38.7 Å². The summed E-state index contributed by atoms with van der Waals surface area (Å²) in [6, 6.07) is 7.51. The van der Waals surface area contributed by atoms with E-state index in [1.165, 1.54) is 24.3 Å². The van der Waals surface area contributed by atoms with Crippen LogP contribution in [0.1, 0.15) is 0 Å². The molecule has 2 rings (SSSR count). The minimum Gasteiger partial charge on any atom is -0.378 e. The summed E-state index contributed by atoms with van der Waals surface area (Å²) in [4.78, 5) is 9.87. The van der Waals surface area contributed by atoms with Crippen molar-refractivity contribution in [2.75, 3.05) is 0 Å². The number of hydrogen-bond donors (Lipinski definition) is 0. The molecule has 2 aromatic rings. The molecule has 0 saturated heterocycles. The van der Waals surface area contributed by atoms with E-state index in [2.05, 4.69) is 0 Å². The lowest BCUT2D eigenvalue weighted by Crippen LogP contribution is -2.07. The zero-order valence-corrected chi connectivity index (χ0v) is 11.5. The van der Waals surface area contributed by atoms with Crippen molar-refractivity contribution in [2.45, 2.75) is 4.21 Å². The van der Waals surface area contributed by atoms with Crippen LogP contribution in [0.25, 0.3) is 0 Å². The van der Waals surface area contributed by atoms with Crippen LogP contribution in [-0.2, 0) is 10.1 Å². The lowest BCUT2D eigenvalue weighted by molar-refractivity contribution is -0.384. The normalized spacial score (nSPS) is 11.2. The smallest absolute Gasteiger partial charge is 0.348 e. The maximum atomic E-state index is 11.8. The van der Waals surface area contributed by atoms with Gasteiger partial charge in [-0.15, -0.1) is 11.3 Å². The summed E-state index contributed by atoms with van der Waals surface area (Å²) in [5.74, 6) is -0.00452. The molecule has 6 nitrogen and oxygen atoms in total. The Morgan fingerprint density at radius 3 is 2.26 bits per heavy atom. The predicted octanol–water partition coefficient (Wildman–Crippen LogP) is 3.08. The zero-order chi connectivity index (χ0) is 14.0. The number of halogens is 1. The van der Waals surface area contributed by atoms with Gasteiger partial charge in [0.15, 0.2) is 4.21 Å². The highest BCUT2D eigenvalue weighted by molar-refractivity contribution is 7.89. The van der Waals surface area contributed by atoms with Crippen LogP contribution in [-0.4, -0.2) is 13.3 Å². The lowest BCUT2D eigenvalue weighted by atomic mass is 10.3. The van der Waals surface area contributed by atoms with Gasteiger partial charge >= 0.3 is 10.1 Å². The Balaban J connectivity index is 2.23. The first kappa shape index (κ1) is 13.8. The highest BCUT2D eigenvalue weighted by Gasteiger charge is 2.19. The molecule has 0 aliphatic carbocycles. The van der Waals surface area contributed by atoms with Crippen LogP contribution in [0, 0.1) is 10.1 Å². The van der Waals surface area contributed by atoms with Crippen LogP contribution in [0.5, 0.6) is 5.75 Å². The largest absolute Gasteiger partial charge is 0.378 e. The van der Waals surface area contributed by atoms with Gasteiger partial charge < -0.3 is 4.18 Å². The summed E-state index contributed by atoms with van der Waals surface area (Å²) < 4.78 is 28.8. The van der Waals surface area contributed by atoms with Gasteiger partial charge in [0.1, 0.15) is 5.75 Å². The molecule has 1 aromatic carbocycles. The summed E-state index contributed by atoms with van der Waals surface area (Å²) in [5, 5.41) is 10.5. The molecular formula is C10H6ClNO5S2. The Bertz CT molecular complexity index is 708. The van der Waals surface area contributed by atoms with E-state index in [1.54, 1.807) is 0 Å². The molecule has 0 saturated carbocycles. The van der Waals surface area contributed by atoms with Crippen molar-refractivity contribution in [3.8, 4) is 5.75 Å². The summed E-state index contributed by atoms with van der Waals surface area (Å²) >= 11 is 6.51. The molecule has 0 spiro atoms. The van der Waals surface area contributed by atoms with Gasteiger partial charge in [0, 0.05) is 12.1 Å². The van der Waals surface area contributed by atoms with E-state index in [1.807, 2.05) is 0 Å². The number of rotatable bonds is 4. The number of non-ortho nitro benzene ring substituents is 1. The third-order valence-corrected chi connectivity index (χ3v) is 4.98.